The number of H-pyrrole nitrogens is 1. The van der Waals surface area contributed by atoms with Crippen molar-refractivity contribution in [1.82, 2.24) is 10.3 Å². The van der Waals surface area contributed by atoms with E-state index in [-0.39, 0.29) is 24.2 Å². The highest BCUT2D eigenvalue weighted by Crippen LogP contribution is 2.27. The Hall–Kier alpha value is -3.28. The Morgan fingerprint density at radius 1 is 1.23 bits per heavy atom. The van der Waals surface area contributed by atoms with Gasteiger partial charge in [0.05, 0.1) is 12.5 Å². The lowest BCUT2D eigenvalue weighted by molar-refractivity contribution is -0.126. The van der Waals surface area contributed by atoms with Gasteiger partial charge in [0.1, 0.15) is 5.75 Å². The molecule has 0 bridgehead atoms. The maximum Gasteiger partial charge on any atom is 0.227 e. The van der Waals surface area contributed by atoms with Crippen LogP contribution in [0.4, 0.5) is 5.69 Å². The SMILES string of the molecule is CCOc1ccc(N2C[C@H](C(=O)NCCc3c[nH]c4ccc(C)cc34)CC2=O)cc1. The van der Waals surface area contributed by atoms with Gasteiger partial charge in [-0.1, -0.05) is 11.6 Å². The number of aromatic amines is 1. The molecular formula is C24H27N3O3. The van der Waals surface area contributed by atoms with Crippen molar-refractivity contribution < 1.29 is 14.3 Å². The van der Waals surface area contributed by atoms with Gasteiger partial charge in [-0.05, 0) is 62.2 Å². The predicted octanol–water partition coefficient (Wildman–Crippen LogP) is 3.59. The Morgan fingerprint density at radius 2 is 2.03 bits per heavy atom. The lowest BCUT2D eigenvalue weighted by Crippen LogP contribution is -2.34. The molecule has 1 saturated heterocycles. The third kappa shape index (κ3) is 4.17. The summed E-state index contributed by atoms with van der Waals surface area (Å²) in [5.74, 6) is 0.364. The molecule has 1 aliphatic rings. The van der Waals surface area contributed by atoms with E-state index in [1.165, 1.54) is 16.5 Å². The summed E-state index contributed by atoms with van der Waals surface area (Å²) >= 11 is 0. The summed E-state index contributed by atoms with van der Waals surface area (Å²) in [6.45, 7) is 5.56. The number of aromatic nitrogens is 1. The fourth-order valence-electron chi connectivity index (χ4n) is 3.99. The lowest BCUT2D eigenvalue weighted by atomic mass is 10.1. The van der Waals surface area contributed by atoms with Crippen molar-refractivity contribution in [2.75, 3.05) is 24.6 Å². The van der Waals surface area contributed by atoms with Crippen molar-refractivity contribution in [2.45, 2.75) is 26.7 Å². The van der Waals surface area contributed by atoms with Gasteiger partial charge in [0.15, 0.2) is 0 Å². The smallest absolute Gasteiger partial charge is 0.227 e. The monoisotopic (exact) mass is 405 g/mol. The van der Waals surface area contributed by atoms with Crippen LogP contribution in [0.5, 0.6) is 5.75 Å². The number of fused-ring (bicyclic) bond motifs is 1. The molecule has 30 heavy (non-hydrogen) atoms. The third-order valence-corrected chi connectivity index (χ3v) is 5.57. The molecule has 0 unspecified atom stereocenters. The zero-order valence-corrected chi connectivity index (χ0v) is 17.4. The first kappa shape index (κ1) is 20.0. The minimum absolute atomic E-state index is 0.0218. The first-order valence-corrected chi connectivity index (χ1v) is 10.4. The number of carbonyl (C=O) groups excluding carboxylic acids is 2. The van der Waals surface area contributed by atoms with Crippen LogP contribution < -0.4 is 15.0 Å². The Kier molecular flexibility index (Phi) is 5.74. The van der Waals surface area contributed by atoms with Gasteiger partial charge in [0, 0.05) is 42.3 Å². The minimum atomic E-state index is -0.325. The van der Waals surface area contributed by atoms with Gasteiger partial charge in [-0.2, -0.15) is 0 Å². The second kappa shape index (κ2) is 8.61. The fraction of sp³-hybridized carbons (Fsp3) is 0.333. The molecule has 2 aromatic carbocycles. The van der Waals surface area contributed by atoms with E-state index >= 15 is 0 Å². The number of ether oxygens (including phenoxy) is 1. The molecule has 2 N–H and O–H groups in total. The van der Waals surface area contributed by atoms with E-state index in [4.69, 9.17) is 4.74 Å². The molecule has 6 nitrogen and oxygen atoms in total. The molecule has 0 spiro atoms. The molecule has 6 heteroatoms. The van der Waals surface area contributed by atoms with Crippen LogP contribution in [0.3, 0.4) is 0 Å². The van der Waals surface area contributed by atoms with Crippen LogP contribution in [0.25, 0.3) is 10.9 Å². The van der Waals surface area contributed by atoms with Crippen LogP contribution in [0, 0.1) is 12.8 Å². The number of amides is 2. The number of benzene rings is 2. The molecule has 1 atom stereocenters. The molecule has 4 rings (SSSR count). The molecule has 1 fully saturated rings. The van der Waals surface area contributed by atoms with Crippen molar-refractivity contribution in [3.8, 4) is 5.75 Å². The maximum absolute atomic E-state index is 12.6. The van der Waals surface area contributed by atoms with Gasteiger partial charge >= 0.3 is 0 Å². The molecule has 2 heterocycles. The Balaban J connectivity index is 1.32. The van der Waals surface area contributed by atoms with E-state index < -0.39 is 0 Å². The number of nitrogens with one attached hydrogen (secondary N) is 2. The summed E-state index contributed by atoms with van der Waals surface area (Å²) in [6, 6.07) is 13.7. The molecule has 0 saturated carbocycles. The first-order valence-electron chi connectivity index (χ1n) is 10.4. The number of nitrogens with zero attached hydrogens (tertiary/aromatic N) is 1. The van der Waals surface area contributed by atoms with E-state index in [1.54, 1.807) is 4.90 Å². The summed E-state index contributed by atoms with van der Waals surface area (Å²) in [6.07, 6.45) is 2.99. The fourth-order valence-corrected chi connectivity index (χ4v) is 3.99. The summed E-state index contributed by atoms with van der Waals surface area (Å²) in [7, 11) is 0. The standard InChI is InChI=1S/C24H27N3O3/c1-3-30-20-7-5-19(6-8-20)27-15-18(13-23(27)28)24(29)25-11-10-17-14-26-22-9-4-16(2)12-21(17)22/h4-9,12,14,18,26H,3,10-11,13,15H2,1-2H3,(H,25,29)/t18-/m1/s1. The molecule has 1 aliphatic heterocycles. The van der Waals surface area contributed by atoms with Crippen LogP contribution in [0.1, 0.15) is 24.5 Å². The number of hydrogen-bond acceptors (Lipinski definition) is 3. The van der Waals surface area contributed by atoms with E-state index in [9.17, 15) is 9.59 Å². The van der Waals surface area contributed by atoms with E-state index in [0.717, 1.165) is 23.4 Å². The molecule has 1 aromatic heterocycles. The second-order valence-electron chi connectivity index (χ2n) is 7.74. The third-order valence-electron chi connectivity index (χ3n) is 5.57. The lowest BCUT2D eigenvalue weighted by Gasteiger charge is -2.17. The summed E-state index contributed by atoms with van der Waals surface area (Å²) in [4.78, 5) is 30.0. The molecule has 3 aromatic rings. The van der Waals surface area contributed by atoms with Crippen molar-refractivity contribution >= 4 is 28.4 Å². The van der Waals surface area contributed by atoms with Gasteiger partial charge in [-0.15, -0.1) is 0 Å². The van der Waals surface area contributed by atoms with Crippen molar-refractivity contribution in [2.24, 2.45) is 5.92 Å². The zero-order valence-electron chi connectivity index (χ0n) is 17.4. The maximum atomic E-state index is 12.6. The number of hydrogen-bond donors (Lipinski definition) is 2. The summed E-state index contributed by atoms with van der Waals surface area (Å²) in [5, 5.41) is 4.21. The van der Waals surface area contributed by atoms with Crippen molar-refractivity contribution in [1.29, 1.82) is 0 Å². The highest BCUT2D eigenvalue weighted by Gasteiger charge is 2.34. The number of anilines is 1. The van der Waals surface area contributed by atoms with Crippen LogP contribution >= 0.6 is 0 Å². The molecule has 156 valence electrons. The van der Waals surface area contributed by atoms with Crippen LogP contribution in [-0.4, -0.2) is 36.5 Å². The number of aryl methyl sites for hydroxylation is 1. The zero-order chi connectivity index (χ0) is 21.1. The highest BCUT2D eigenvalue weighted by molar-refractivity contribution is 6.00. The molecule has 0 radical (unpaired) electrons. The average molecular weight is 405 g/mol. The first-order chi connectivity index (χ1) is 14.5. The van der Waals surface area contributed by atoms with Gasteiger partial charge < -0.3 is 19.9 Å². The van der Waals surface area contributed by atoms with Gasteiger partial charge in [-0.3, -0.25) is 9.59 Å². The van der Waals surface area contributed by atoms with Crippen LogP contribution in [0.2, 0.25) is 0 Å². The van der Waals surface area contributed by atoms with Gasteiger partial charge in [0.2, 0.25) is 11.8 Å². The largest absolute Gasteiger partial charge is 0.494 e. The predicted molar refractivity (Wildman–Crippen MR) is 118 cm³/mol. The Morgan fingerprint density at radius 3 is 2.80 bits per heavy atom. The second-order valence-corrected chi connectivity index (χ2v) is 7.74. The topological polar surface area (TPSA) is 74.4 Å². The quantitative estimate of drug-likeness (QED) is 0.631. The van der Waals surface area contributed by atoms with Crippen molar-refractivity contribution in [3.05, 3.63) is 59.8 Å². The van der Waals surface area contributed by atoms with Crippen LogP contribution in [-0.2, 0) is 16.0 Å². The van der Waals surface area contributed by atoms with E-state index in [2.05, 4.69) is 35.4 Å². The highest BCUT2D eigenvalue weighted by atomic mass is 16.5. The molecular weight excluding hydrogens is 378 g/mol. The van der Waals surface area contributed by atoms with Crippen LogP contribution in [0.15, 0.2) is 48.7 Å². The van der Waals surface area contributed by atoms with Gasteiger partial charge in [-0.25, -0.2) is 0 Å². The normalized spacial score (nSPS) is 16.3. The molecule has 2 amide bonds. The summed E-state index contributed by atoms with van der Waals surface area (Å²) in [5.41, 5.74) is 4.31. The Bertz CT molecular complexity index is 1060. The van der Waals surface area contributed by atoms with Crippen molar-refractivity contribution in [3.63, 3.8) is 0 Å². The number of rotatable bonds is 7. The van der Waals surface area contributed by atoms with E-state index in [1.807, 2.05) is 37.4 Å². The molecule has 0 aliphatic carbocycles. The Labute approximate surface area is 176 Å². The number of carbonyl (C=O) groups is 2. The minimum Gasteiger partial charge on any atom is -0.494 e. The van der Waals surface area contributed by atoms with E-state index in [0.29, 0.717) is 19.7 Å². The summed E-state index contributed by atoms with van der Waals surface area (Å²) < 4.78 is 5.45. The van der Waals surface area contributed by atoms with Gasteiger partial charge in [0.25, 0.3) is 0 Å². The average Bonchev–Trinajstić information content (AvgIpc) is 3.32.